The van der Waals surface area contributed by atoms with Crippen molar-refractivity contribution >= 4 is 11.9 Å². The molecule has 0 bridgehead atoms. The Morgan fingerprint density at radius 2 is 1.90 bits per heavy atom. The zero-order valence-electron chi connectivity index (χ0n) is 13.4. The van der Waals surface area contributed by atoms with E-state index >= 15 is 0 Å². The van der Waals surface area contributed by atoms with Gasteiger partial charge in [-0.3, -0.25) is 9.48 Å². The number of carbonyl (C=O) groups excluding carboxylic acids is 1. The van der Waals surface area contributed by atoms with E-state index in [1.807, 2.05) is 20.8 Å². The molecule has 1 atom stereocenters. The summed E-state index contributed by atoms with van der Waals surface area (Å²) in [7, 11) is 0. The van der Waals surface area contributed by atoms with Crippen LogP contribution in [0.1, 0.15) is 62.8 Å². The Morgan fingerprint density at radius 3 is 2.33 bits per heavy atom. The summed E-state index contributed by atoms with van der Waals surface area (Å²) in [6.07, 6.45) is 1.73. The van der Waals surface area contributed by atoms with Crippen molar-refractivity contribution in [1.82, 2.24) is 15.1 Å². The molecule has 0 unspecified atom stereocenters. The molecule has 0 radical (unpaired) electrons. The molecule has 0 aliphatic rings. The summed E-state index contributed by atoms with van der Waals surface area (Å²) in [5, 5.41) is 16.1. The summed E-state index contributed by atoms with van der Waals surface area (Å²) < 4.78 is 1.71. The monoisotopic (exact) mass is 295 g/mol. The lowest BCUT2D eigenvalue weighted by Gasteiger charge is -2.20. The molecule has 0 fully saturated rings. The number of carboxylic acid groups (broad SMARTS) is 1. The highest BCUT2D eigenvalue weighted by Gasteiger charge is 2.26. The van der Waals surface area contributed by atoms with Crippen LogP contribution in [0.2, 0.25) is 0 Å². The van der Waals surface area contributed by atoms with Crippen LogP contribution >= 0.6 is 0 Å². The predicted octanol–water partition coefficient (Wildman–Crippen LogP) is 2.39. The molecule has 1 aromatic rings. The molecule has 1 heterocycles. The molecule has 118 valence electrons. The van der Waals surface area contributed by atoms with Gasteiger partial charge in [0.25, 0.3) is 5.91 Å². The third-order valence-electron chi connectivity index (χ3n) is 3.60. The van der Waals surface area contributed by atoms with Gasteiger partial charge in [-0.05, 0) is 31.7 Å². The fourth-order valence-electron chi connectivity index (χ4n) is 2.33. The Morgan fingerprint density at radius 1 is 1.33 bits per heavy atom. The minimum Gasteiger partial charge on any atom is -0.480 e. The number of aromatic nitrogens is 2. The highest BCUT2D eigenvalue weighted by atomic mass is 16.4. The van der Waals surface area contributed by atoms with E-state index in [1.165, 1.54) is 0 Å². The maximum Gasteiger partial charge on any atom is 0.326 e. The van der Waals surface area contributed by atoms with E-state index in [0.29, 0.717) is 5.69 Å². The van der Waals surface area contributed by atoms with E-state index in [2.05, 4.69) is 10.4 Å². The quantitative estimate of drug-likeness (QED) is 0.809. The molecular formula is C15H25N3O3. The molecular weight excluding hydrogens is 270 g/mol. The van der Waals surface area contributed by atoms with E-state index in [9.17, 15) is 14.7 Å². The van der Waals surface area contributed by atoms with Gasteiger partial charge in [0, 0.05) is 0 Å². The second kappa shape index (κ2) is 7.24. The van der Waals surface area contributed by atoms with Crippen LogP contribution in [0.3, 0.4) is 0 Å². The first-order valence-electron chi connectivity index (χ1n) is 7.41. The van der Waals surface area contributed by atoms with Crippen molar-refractivity contribution in [3.8, 4) is 0 Å². The van der Waals surface area contributed by atoms with Gasteiger partial charge in [0.2, 0.25) is 0 Å². The van der Waals surface area contributed by atoms with Crippen molar-refractivity contribution in [2.75, 3.05) is 0 Å². The standard InChI is InChI=1S/C15H25N3O3/c1-6-11(7-2)18-12(8-10(5)17-18)14(19)16-13(9(3)4)15(20)21/h8-9,11,13H,6-7H2,1-5H3,(H,16,19)(H,20,21)/t13-/m1/s1. The molecule has 21 heavy (non-hydrogen) atoms. The molecule has 6 heteroatoms. The van der Waals surface area contributed by atoms with E-state index in [1.54, 1.807) is 24.6 Å². The van der Waals surface area contributed by atoms with Crippen molar-refractivity contribution in [2.45, 2.75) is 59.5 Å². The van der Waals surface area contributed by atoms with Gasteiger partial charge in [-0.1, -0.05) is 27.7 Å². The van der Waals surface area contributed by atoms with E-state index in [-0.39, 0.29) is 17.9 Å². The number of hydrogen-bond donors (Lipinski definition) is 2. The molecule has 1 aromatic heterocycles. The van der Waals surface area contributed by atoms with Gasteiger partial charge in [-0.25, -0.2) is 4.79 Å². The maximum atomic E-state index is 12.4. The van der Waals surface area contributed by atoms with E-state index in [4.69, 9.17) is 0 Å². The van der Waals surface area contributed by atoms with E-state index < -0.39 is 12.0 Å². The average Bonchev–Trinajstić information content (AvgIpc) is 2.78. The van der Waals surface area contributed by atoms with Crippen LogP contribution in [0.15, 0.2) is 6.07 Å². The van der Waals surface area contributed by atoms with Crippen LogP contribution in [0, 0.1) is 12.8 Å². The lowest BCUT2D eigenvalue weighted by molar-refractivity contribution is -0.140. The third-order valence-corrected chi connectivity index (χ3v) is 3.60. The summed E-state index contributed by atoms with van der Waals surface area (Å²) in [5.74, 6) is -1.59. The van der Waals surface area contributed by atoms with Crippen molar-refractivity contribution in [2.24, 2.45) is 5.92 Å². The molecule has 1 rings (SSSR count). The van der Waals surface area contributed by atoms with Gasteiger partial charge in [0.1, 0.15) is 11.7 Å². The Kier molecular flexibility index (Phi) is 5.93. The van der Waals surface area contributed by atoms with Crippen LogP contribution in [-0.4, -0.2) is 32.8 Å². The first-order valence-corrected chi connectivity index (χ1v) is 7.41. The highest BCUT2D eigenvalue weighted by molar-refractivity contribution is 5.95. The first kappa shape index (κ1) is 17.2. The van der Waals surface area contributed by atoms with Crippen molar-refractivity contribution in [3.05, 3.63) is 17.5 Å². The molecule has 0 aromatic carbocycles. The predicted molar refractivity (Wildman–Crippen MR) is 80.3 cm³/mol. The largest absolute Gasteiger partial charge is 0.480 e. The Bertz CT molecular complexity index is 504. The van der Waals surface area contributed by atoms with Crippen molar-refractivity contribution < 1.29 is 14.7 Å². The molecule has 0 saturated carbocycles. The number of rotatable bonds is 7. The van der Waals surface area contributed by atoms with Crippen molar-refractivity contribution in [1.29, 1.82) is 0 Å². The van der Waals surface area contributed by atoms with Crippen molar-refractivity contribution in [3.63, 3.8) is 0 Å². The number of carboxylic acids is 1. The zero-order chi connectivity index (χ0) is 16.2. The minimum absolute atomic E-state index is 0.141. The lowest BCUT2D eigenvalue weighted by Crippen LogP contribution is -2.45. The third kappa shape index (κ3) is 4.06. The van der Waals surface area contributed by atoms with Crippen LogP contribution in [0.25, 0.3) is 0 Å². The van der Waals surface area contributed by atoms with Crippen LogP contribution < -0.4 is 5.32 Å². The highest BCUT2D eigenvalue weighted by Crippen LogP contribution is 2.18. The Labute approximate surface area is 125 Å². The maximum absolute atomic E-state index is 12.4. The summed E-state index contributed by atoms with van der Waals surface area (Å²) in [6.45, 7) is 9.44. The molecule has 1 amide bonds. The van der Waals surface area contributed by atoms with Crippen LogP contribution in [0.5, 0.6) is 0 Å². The molecule has 6 nitrogen and oxygen atoms in total. The molecule has 0 aliphatic heterocycles. The number of nitrogens with one attached hydrogen (secondary N) is 1. The van der Waals surface area contributed by atoms with E-state index in [0.717, 1.165) is 18.5 Å². The minimum atomic E-state index is -1.02. The number of aliphatic carboxylic acids is 1. The normalized spacial score (nSPS) is 12.7. The second-order valence-electron chi connectivity index (χ2n) is 5.62. The van der Waals surface area contributed by atoms with Crippen LogP contribution in [-0.2, 0) is 4.79 Å². The molecule has 0 aliphatic carbocycles. The number of carbonyl (C=O) groups is 2. The number of amides is 1. The fourth-order valence-corrected chi connectivity index (χ4v) is 2.33. The number of hydrogen-bond acceptors (Lipinski definition) is 3. The summed E-state index contributed by atoms with van der Waals surface area (Å²) in [4.78, 5) is 23.6. The van der Waals surface area contributed by atoms with Gasteiger partial charge in [-0.15, -0.1) is 0 Å². The van der Waals surface area contributed by atoms with Gasteiger partial charge in [0.05, 0.1) is 11.7 Å². The van der Waals surface area contributed by atoms with Gasteiger partial charge in [0.15, 0.2) is 0 Å². The number of nitrogens with zero attached hydrogens (tertiary/aromatic N) is 2. The summed E-state index contributed by atoms with van der Waals surface area (Å²) in [5.41, 5.74) is 1.18. The summed E-state index contributed by atoms with van der Waals surface area (Å²) in [6, 6.07) is 0.942. The topological polar surface area (TPSA) is 84.2 Å². The Balaban J connectivity index is 3.04. The second-order valence-corrected chi connectivity index (χ2v) is 5.62. The Hall–Kier alpha value is -1.85. The van der Waals surface area contributed by atoms with Gasteiger partial charge in [-0.2, -0.15) is 5.10 Å². The zero-order valence-corrected chi connectivity index (χ0v) is 13.4. The SMILES string of the molecule is CCC(CC)n1nc(C)cc1C(=O)N[C@@H](C(=O)O)C(C)C. The smallest absolute Gasteiger partial charge is 0.326 e. The van der Waals surface area contributed by atoms with Gasteiger partial charge < -0.3 is 10.4 Å². The molecule has 2 N–H and O–H groups in total. The van der Waals surface area contributed by atoms with Gasteiger partial charge >= 0.3 is 5.97 Å². The first-order chi connectivity index (χ1) is 9.81. The lowest BCUT2D eigenvalue weighted by atomic mass is 10.0. The molecule has 0 spiro atoms. The molecule has 0 saturated heterocycles. The van der Waals surface area contributed by atoms with Crippen LogP contribution in [0.4, 0.5) is 0 Å². The average molecular weight is 295 g/mol. The fraction of sp³-hybridized carbons (Fsp3) is 0.667. The summed E-state index contributed by atoms with van der Waals surface area (Å²) >= 11 is 0. The number of aryl methyl sites for hydroxylation is 1.